The van der Waals surface area contributed by atoms with Gasteiger partial charge in [0.1, 0.15) is 23.7 Å². The molecule has 1 saturated heterocycles. The molecule has 0 spiro atoms. The van der Waals surface area contributed by atoms with Gasteiger partial charge in [-0.15, -0.1) is 0 Å². The minimum Gasteiger partial charge on any atom is -0.492 e. The van der Waals surface area contributed by atoms with Crippen LogP contribution >= 0.6 is 0 Å². The van der Waals surface area contributed by atoms with Crippen LogP contribution in [0.3, 0.4) is 0 Å². The fraction of sp³-hybridized carbons (Fsp3) is 0.323. The van der Waals surface area contributed by atoms with Gasteiger partial charge in [-0.3, -0.25) is 4.90 Å². The lowest BCUT2D eigenvalue weighted by molar-refractivity contribution is 0.154. The maximum atomic E-state index is 12.1. The topological polar surface area (TPSA) is 114 Å². The van der Waals surface area contributed by atoms with E-state index in [4.69, 9.17) is 14.8 Å². The summed E-state index contributed by atoms with van der Waals surface area (Å²) in [5.74, 6) is 1.59. The predicted octanol–water partition coefficient (Wildman–Crippen LogP) is 5.53. The van der Waals surface area contributed by atoms with Crippen LogP contribution in [0.5, 0.6) is 5.75 Å². The number of hydrogen-bond acceptors (Lipinski definition) is 6. The first kappa shape index (κ1) is 28.0. The van der Waals surface area contributed by atoms with Crippen LogP contribution < -0.4 is 15.0 Å². The number of ether oxygens (including phenoxy) is 1. The van der Waals surface area contributed by atoms with Gasteiger partial charge in [0.25, 0.3) is 0 Å². The fourth-order valence-electron chi connectivity index (χ4n) is 5.00. The smallest absolute Gasteiger partial charge is 0.415 e. The van der Waals surface area contributed by atoms with Crippen LogP contribution in [-0.2, 0) is 6.42 Å². The van der Waals surface area contributed by atoms with Gasteiger partial charge in [0.2, 0.25) is 0 Å². The molecule has 3 amide bonds. The quantitative estimate of drug-likeness (QED) is 0.249. The van der Waals surface area contributed by atoms with Crippen LogP contribution in [0.4, 0.5) is 21.0 Å². The number of imidazole rings is 1. The Morgan fingerprint density at radius 3 is 2.39 bits per heavy atom. The van der Waals surface area contributed by atoms with E-state index < -0.39 is 12.1 Å². The first-order valence-electron chi connectivity index (χ1n) is 14.0. The number of anilines is 2. The van der Waals surface area contributed by atoms with Crippen LogP contribution in [0.25, 0.3) is 22.4 Å². The number of aromatic amines is 1. The van der Waals surface area contributed by atoms with E-state index in [1.807, 2.05) is 0 Å². The van der Waals surface area contributed by atoms with Crippen LogP contribution in [0.1, 0.15) is 19.4 Å². The summed E-state index contributed by atoms with van der Waals surface area (Å²) in [6, 6.07) is 21.1. The molecule has 10 nitrogen and oxygen atoms in total. The van der Waals surface area contributed by atoms with E-state index in [2.05, 4.69) is 69.5 Å². The Kier molecular flexibility index (Phi) is 8.69. The number of rotatable bonds is 9. The highest BCUT2D eigenvalue weighted by molar-refractivity contribution is 5.98. The van der Waals surface area contributed by atoms with E-state index in [9.17, 15) is 9.59 Å². The van der Waals surface area contributed by atoms with Gasteiger partial charge in [0.15, 0.2) is 0 Å². The average molecular weight is 557 g/mol. The van der Waals surface area contributed by atoms with Crippen molar-refractivity contribution in [3.05, 3.63) is 72.3 Å². The molecule has 1 aliphatic heterocycles. The highest BCUT2D eigenvalue weighted by atomic mass is 16.5. The van der Waals surface area contributed by atoms with Crippen molar-refractivity contribution in [2.24, 2.45) is 0 Å². The van der Waals surface area contributed by atoms with Gasteiger partial charge in [0, 0.05) is 50.5 Å². The van der Waals surface area contributed by atoms with E-state index in [1.165, 1.54) is 5.56 Å². The molecule has 1 fully saturated rings. The Balaban J connectivity index is 1.11. The number of hydrogen-bond donors (Lipinski definition) is 3. The van der Waals surface area contributed by atoms with Crippen LogP contribution in [-0.4, -0.2) is 82.9 Å². The number of para-hydroxylation sites is 1. The van der Waals surface area contributed by atoms with Gasteiger partial charge in [-0.1, -0.05) is 37.3 Å². The minimum atomic E-state index is -1.29. The molecule has 3 N–H and O–H groups in total. The zero-order chi connectivity index (χ0) is 28.8. The standard InChI is InChI=1S/C31H36N6O4/c1-3-22-8-10-23(11-9-22)29-33-26-6-5-7-27(28(26)34-29)36-18-16-35(17-19-36)20-21-41-25-14-12-24(13-15-25)32-30(38)37(4-2)31(39)40/h5-15H,3-4,16-21H2,1-2H3,(H,32,38)(H,33,34)(H,39,40). The first-order valence-corrected chi connectivity index (χ1v) is 14.0. The number of aromatic nitrogens is 2. The summed E-state index contributed by atoms with van der Waals surface area (Å²) in [6.45, 7) is 8.86. The molecule has 0 atom stereocenters. The fourth-order valence-corrected chi connectivity index (χ4v) is 5.00. The second-order valence-electron chi connectivity index (χ2n) is 9.97. The van der Waals surface area contributed by atoms with Crippen molar-refractivity contribution >= 4 is 34.5 Å². The highest BCUT2D eigenvalue weighted by Gasteiger charge is 2.21. The molecule has 0 unspecified atom stereocenters. The Morgan fingerprint density at radius 1 is 1.00 bits per heavy atom. The molecule has 4 aromatic rings. The number of carbonyl (C=O) groups is 2. The molecule has 0 saturated carbocycles. The zero-order valence-electron chi connectivity index (χ0n) is 23.5. The van der Waals surface area contributed by atoms with Gasteiger partial charge in [-0.05, 0) is 55.3 Å². The summed E-state index contributed by atoms with van der Waals surface area (Å²) in [4.78, 5) is 37.1. The Labute approximate surface area is 239 Å². The second kappa shape index (κ2) is 12.7. The maximum Gasteiger partial charge on any atom is 0.415 e. The van der Waals surface area contributed by atoms with E-state index in [0.29, 0.717) is 22.9 Å². The van der Waals surface area contributed by atoms with Gasteiger partial charge < -0.3 is 25.0 Å². The lowest BCUT2D eigenvalue weighted by Crippen LogP contribution is -2.47. The molecule has 3 aromatic carbocycles. The molecule has 0 radical (unpaired) electrons. The van der Waals surface area contributed by atoms with Gasteiger partial charge in [0.05, 0.1) is 11.2 Å². The van der Waals surface area contributed by atoms with Crippen LogP contribution in [0.2, 0.25) is 0 Å². The molecular weight excluding hydrogens is 520 g/mol. The average Bonchev–Trinajstić information content (AvgIpc) is 3.43. The Bertz CT molecular complexity index is 1480. The minimum absolute atomic E-state index is 0.0737. The molecule has 5 rings (SSSR count). The molecule has 41 heavy (non-hydrogen) atoms. The summed E-state index contributed by atoms with van der Waals surface area (Å²) in [5, 5.41) is 11.7. The number of piperazine rings is 1. The largest absolute Gasteiger partial charge is 0.492 e. The molecule has 214 valence electrons. The van der Waals surface area contributed by atoms with Crippen molar-refractivity contribution in [1.29, 1.82) is 0 Å². The van der Waals surface area contributed by atoms with Gasteiger partial charge in [-0.2, -0.15) is 0 Å². The Hall–Kier alpha value is -4.57. The third-order valence-corrected chi connectivity index (χ3v) is 7.41. The molecular formula is C31H36N6O4. The summed E-state index contributed by atoms with van der Waals surface area (Å²) in [5.41, 5.74) is 6.12. The second-order valence-corrected chi connectivity index (χ2v) is 9.97. The van der Waals surface area contributed by atoms with Gasteiger partial charge in [-0.25, -0.2) is 19.5 Å². The molecule has 1 aromatic heterocycles. The number of H-pyrrole nitrogens is 1. The molecule has 1 aliphatic rings. The van der Waals surface area contributed by atoms with Crippen LogP contribution in [0.15, 0.2) is 66.7 Å². The third-order valence-electron chi connectivity index (χ3n) is 7.41. The monoisotopic (exact) mass is 556 g/mol. The van der Waals surface area contributed by atoms with E-state index in [-0.39, 0.29) is 6.54 Å². The van der Waals surface area contributed by atoms with Crippen molar-refractivity contribution < 1.29 is 19.4 Å². The predicted molar refractivity (Wildman–Crippen MR) is 161 cm³/mol. The van der Waals surface area contributed by atoms with Crippen molar-refractivity contribution in [2.75, 3.05) is 56.1 Å². The SMILES string of the molecule is CCc1ccc(-c2nc3c(N4CCN(CCOc5ccc(NC(=O)N(CC)C(=O)O)cc5)CC4)cccc3[nH]2)cc1. The van der Waals surface area contributed by atoms with E-state index in [1.54, 1.807) is 31.2 Å². The van der Waals surface area contributed by atoms with Crippen LogP contribution in [0, 0.1) is 0 Å². The zero-order valence-corrected chi connectivity index (χ0v) is 23.5. The normalized spacial score (nSPS) is 13.8. The number of aryl methyl sites for hydroxylation is 1. The first-order chi connectivity index (χ1) is 19.9. The summed E-state index contributed by atoms with van der Waals surface area (Å²) in [6.07, 6.45) is -0.265. The number of imide groups is 1. The highest BCUT2D eigenvalue weighted by Crippen LogP contribution is 2.29. The number of fused-ring (bicyclic) bond motifs is 1. The molecule has 10 heteroatoms. The maximum absolute atomic E-state index is 12.1. The molecule has 0 aliphatic carbocycles. The number of nitrogens with zero attached hydrogens (tertiary/aromatic N) is 4. The number of amides is 3. The van der Waals surface area contributed by atoms with Crippen molar-refractivity contribution in [2.45, 2.75) is 20.3 Å². The summed E-state index contributed by atoms with van der Waals surface area (Å²) < 4.78 is 5.92. The Morgan fingerprint density at radius 2 is 1.73 bits per heavy atom. The van der Waals surface area contributed by atoms with Crippen molar-refractivity contribution in [1.82, 2.24) is 19.8 Å². The number of benzene rings is 3. The third kappa shape index (κ3) is 6.60. The molecule has 2 heterocycles. The van der Waals surface area contributed by atoms with Crippen molar-refractivity contribution in [3.8, 4) is 17.1 Å². The summed E-state index contributed by atoms with van der Waals surface area (Å²) in [7, 11) is 0. The lowest BCUT2D eigenvalue weighted by atomic mass is 10.1. The number of carbonyl (C=O) groups excluding carboxylic acids is 1. The number of carboxylic acid groups (broad SMARTS) is 1. The van der Waals surface area contributed by atoms with Crippen molar-refractivity contribution in [3.63, 3.8) is 0 Å². The summed E-state index contributed by atoms with van der Waals surface area (Å²) >= 11 is 0. The van der Waals surface area contributed by atoms with Gasteiger partial charge >= 0.3 is 12.1 Å². The number of urea groups is 1. The lowest BCUT2D eigenvalue weighted by Gasteiger charge is -2.36. The number of nitrogens with one attached hydrogen (secondary N) is 2. The van der Waals surface area contributed by atoms with E-state index in [0.717, 1.165) is 67.3 Å². The molecule has 0 bridgehead atoms. The van der Waals surface area contributed by atoms with E-state index >= 15 is 0 Å².